The van der Waals surface area contributed by atoms with Crippen LogP contribution in [0.1, 0.15) is 67.8 Å². The number of carbonyl (C=O) groups excluding carboxylic acids is 1. The van der Waals surface area contributed by atoms with Crippen LogP contribution >= 0.6 is 0 Å². The number of rotatable bonds is 8. The Morgan fingerprint density at radius 3 is 2.57 bits per heavy atom. The molecule has 1 saturated carbocycles. The van der Waals surface area contributed by atoms with E-state index in [1.165, 1.54) is 37.7 Å². The molecule has 28 heavy (non-hydrogen) atoms. The van der Waals surface area contributed by atoms with Crippen LogP contribution in [-0.2, 0) is 11.2 Å². The van der Waals surface area contributed by atoms with Crippen LogP contribution in [0.2, 0.25) is 0 Å². The molecule has 0 unspecified atom stereocenters. The maximum Gasteiger partial charge on any atom is 0.335 e. The topological polar surface area (TPSA) is 57.6 Å². The molecule has 4 heteroatoms. The van der Waals surface area contributed by atoms with Gasteiger partial charge in [-0.1, -0.05) is 61.6 Å². The molecule has 0 bridgehead atoms. The Morgan fingerprint density at radius 2 is 1.89 bits per heavy atom. The molecule has 3 rings (SSSR count). The highest BCUT2D eigenvalue weighted by Gasteiger charge is 2.28. The number of amides is 1. The molecule has 1 saturated heterocycles. The average Bonchev–Trinajstić information content (AvgIpc) is 3.30. The lowest BCUT2D eigenvalue weighted by atomic mass is 9.98. The number of likely N-dealkylation sites (tertiary alicyclic amines) is 1. The summed E-state index contributed by atoms with van der Waals surface area (Å²) in [5.74, 6) is 0.160. The summed E-state index contributed by atoms with van der Waals surface area (Å²) in [7, 11) is 0. The summed E-state index contributed by atoms with van der Waals surface area (Å²) in [6.45, 7) is 2.88. The fourth-order valence-electron chi connectivity index (χ4n) is 4.40. The first-order chi connectivity index (χ1) is 13.5. The molecule has 1 aliphatic carbocycles. The average molecular weight is 382 g/mol. The molecule has 4 nitrogen and oxygen atoms in total. The molecule has 1 N–H and O–H groups in total. The van der Waals surface area contributed by atoms with Gasteiger partial charge < -0.3 is 10.0 Å². The highest BCUT2D eigenvalue weighted by molar-refractivity contribution is 5.87. The first-order valence-electron chi connectivity index (χ1n) is 10.5. The second-order valence-electron chi connectivity index (χ2n) is 8.20. The minimum Gasteiger partial charge on any atom is -0.478 e. The van der Waals surface area contributed by atoms with Crippen molar-refractivity contribution in [2.75, 3.05) is 6.54 Å². The lowest BCUT2D eigenvalue weighted by molar-refractivity contribution is -0.128. The largest absolute Gasteiger partial charge is 0.478 e. The Bertz CT molecular complexity index is 742. The molecule has 1 aliphatic heterocycles. The van der Waals surface area contributed by atoms with E-state index in [2.05, 4.69) is 25.2 Å². The molecule has 0 spiro atoms. The third kappa shape index (κ3) is 5.57. The number of benzene rings is 1. The van der Waals surface area contributed by atoms with E-state index in [0.29, 0.717) is 18.5 Å². The normalized spacial score (nSPS) is 21.2. The highest BCUT2D eigenvalue weighted by Crippen LogP contribution is 2.30. The Labute approximate surface area is 167 Å². The van der Waals surface area contributed by atoms with Crippen LogP contribution in [0.5, 0.6) is 0 Å². The van der Waals surface area contributed by atoms with Crippen molar-refractivity contribution in [2.24, 2.45) is 5.92 Å². The van der Waals surface area contributed by atoms with Gasteiger partial charge in [-0.25, -0.2) is 4.79 Å². The zero-order valence-corrected chi connectivity index (χ0v) is 16.8. The van der Waals surface area contributed by atoms with Crippen molar-refractivity contribution in [3.05, 3.63) is 59.2 Å². The predicted molar refractivity (Wildman–Crippen MR) is 111 cm³/mol. The number of carbonyl (C=O) groups is 2. The second kappa shape index (κ2) is 9.72. The minimum atomic E-state index is -0.914. The third-order valence-corrected chi connectivity index (χ3v) is 6.02. The maximum atomic E-state index is 12.3. The smallest absolute Gasteiger partial charge is 0.335 e. The van der Waals surface area contributed by atoms with Gasteiger partial charge in [-0.2, -0.15) is 0 Å². The van der Waals surface area contributed by atoms with Gasteiger partial charge in [-0.3, -0.25) is 4.79 Å². The molecule has 1 amide bonds. The molecule has 150 valence electrons. The van der Waals surface area contributed by atoms with Gasteiger partial charge in [0.2, 0.25) is 5.91 Å². The van der Waals surface area contributed by atoms with Crippen LogP contribution < -0.4 is 0 Å². The number of nitrogens with zero attached hydrogens (tertiary/aromatic N) is 1. The molecule has 2 aliphatic rings. The molecule has 0 radical (unpaired) electrons. The fraction of sp³-hybridized carbons (Fsp3) is 0.500. The monoisotopic (exact) mass is 381 g/mol. The summed E-state index contributed by atoms with van der Waals surface area (Å²) in [6.07, 6.45) is 15.4. The maximum absolute atomic E-state index is 12.3. The third-order valence-electron chi connectivity index (χ3n) is 6.02. The Kier molecular flexibility index (Phi) is 7.07. The van der Waals surface area contributed by atoms with Gasteiger partial charge in [-0.15, -0.1) is 0 Å². The zero-order valence-electron chi connectivity index (χ0n) is 16.8. The van der Waals surface area contributed by atoms with E-state index in [-0.39, 0.29) is 11.9 Å². The number of aromatic carboxylic acids is 1. The van der Waals surface area contributed by atoms with Crippen molar-refractivity contribution in [3.63, 3.8) is 0 Å². The Hall–Kier alpha value is -2.36. The summed E-state index contributed by atoms with van der Waals surface area (Å²) in [5, 5.41) is 8.98. The molecule has 1 aromatic carbocycles. The van der Waals surface area contributed by atoms with E-state index < -0.39 is 5.97 Å². The lowest BCUT2D eigenvalue weighted by Gasteiger charge is -2.22. The second-order valence-corrected chi connectivity index (χ2v) is 8.20. The van der Waals surface area contributed by atoms with Crippen LogP contribution in [0.25, 0.3) is 0 Å². The predicted octanol–water partition coefficient (Wildman–Crippen LogP) is 5.00. The van der Waals surface area contributed by atoms with Gasteiger partial charge in [-0.05, 0) is 49.8 Å². The van der Waals surface area contributed by atoms with Gasteiger partial charge in [0.15, 0.2) is 0 Å². The van der Waals surface area contributed by atoms with Crippen molar-refractivity contribution in [1.82, 2.24) is 4.90 Å². The molecular formula is C24H31NO3. The standard InChI is InChI=1S/C24H31NO3/c1-18(17-20-6-2-3-7-20)5-4-8-22-13-14-23(26)25(22)16-15-19-9-11-21(12-10-19)24(27)28/h4-5,8-12,20,22H,2-3,6-7,13-17H2,1H3,(H,27,28)/t22-/m0/s1. The number of hydrogen-bond donors (Lipinski definition) is 1. The van der Waals surface area contributed by atoms with Gasteiger partial charge >= 0.3 is 5.97 Å². The van der Waals surface area contributed by atoms with E-state index in [4.69, 9.17) is 5.11 Å². The van der Waals surface area contributed by atoms with Crippen molar-refractivity contribution in [1.29, 1.82) is 0 Å². The summed E-state index contributed by atoms with van der Waals surface area (Å²) in [5.41, 5.74) is 2.78. The molecular weight excluding hydrogens is 350 g/mol. The number of carboxylic acid groups (broad SMARTS) is 1. The number of carboxylic acids is 1. The van der Waals surface area contributed by atoms with Crippen LogP contribution in [-0.4, -0.2) is 34.5 Å². The molecule has 1 heterocycles. The number of allylic oxidation sites excluding steroid dienone is 3. The van der Waals surface area contributed by atoms with Crippen LogP contribution in [0.15, 0.2) is 48.1 Å². The zero-order chi connectivity index (χ0) is 19.9. The molecule has 2 fully saturated rings. The van der Waals surface area contributed by atoms with Crippen molar-refractivity contribution in [2.45, 2.75) is 64.3 Å². The van der Waals surface area contributed by atoms with E-state index in [9.17, 15) is 9.59 Å². The van der Waals surface area contributed by atoms with Gasteiger partial charge in [0.25, 0.3) is 0 Å². The molecule has 0 aromatic heterocycles. The van der Waals surface area contributed by atoms with Crippen molar-refractivity contribution in [3.8, 4) is 0 Å². The fourth-order valence-corrected chi connectivity index (χ4v) is 4.40. The van der Waals surface area contributed by atoms with E-state index >= 15 is 0 Å². The van der Waals surface area contributed by atoms with Gasteiger partial charge in [0, 0.05) is 13.0 Å². The summed E-state index contributed by atoms with van der Waals surface area (Å²) in [6, 6.07) is 7.09. The SMILES string of the molecule is CC(=CC=C[C@H]1CCC(=O)N1CCc1ccc(C(=O)O)cc1)CC1CCCC1. The first-order valence-corrected chi connectivity index (χ1v) is 10.5. The van der Waals surface area contributed by atoms with Crippen molar-refractivity contribution < 1.29 is 14.7 Å². The summed E-state index contributed by atoms with van der Waals surface area (Å²) in [4.78, 5) is 25.2. The van der Waals surface area contributed by atoms with E-state index in [0.717, 1.165) is 24.3 Å². The Morgan fingerprint density at radius 1 is 1.18 bits per heavy atom. The van der Waals surface area contributed by atoms with Crippen molar-refractivity contribution >= 4 is 11.9 Å². The Balaban J connectivity index is 1.52. The highest BCUT2D eigenvalue weighted by atomic mass is 16.4. The molecule has 1 aromatic rings. The van der Waals surface area contributed by atoms with Crippen LogP contribution in [0.3, 0.4) is 0 Å². The first kappa shape index (κ1) is 20.4. The van der Waals surface area contributed by atoms with Gasteiger partial charge in [0.1, 0.15) is 0 Å². The van der Waals surface area contributed by atoms with E-state index in [1.54, 1.807) is 12.1 Å². The number of hydrogen-bond acceptors (Lipinski definition) is 2. The molecule has 1 atom stereocenters. The summed E-state index contributed by atoms with van der Waals surface area (Å²) >= 11 is 0. The lowest BCUT2D eigenvalue weighted by Crippen LogP contribution is -2.33. The quantitative estimate of drug-likeness (QED) is 0.645. The van der Waals surface area contributed by atoms with Crippen LogP contribution in [0.4, 0.5) is 0 Å². The van der Waals surface area contributed by atoms with Crippen LogP contribution in [0, 0.1) is 5.92 Å². The summed E-state index contributed by atoms with van der Waals surface area (Å²) < 4.78 is 0. The minimum absolute atomic E-state index is 0.168. The van der Waals surface area contributed by atoms with Gasteiger partial charge in [0.05, 0.1) is 11.6 Å². The van der Waals surface area contributed by atoms with E-state index in [1.807, 2.05) is 17.0 Å².